The zero-order valence-corrected chi connectivity index (χ0v) is 8.69. The molecule has 1 aromatic heterocycles. The number of nitrogen functional groups attached to an aromatic ring is 1. The number of aromatic nitrogens is 1. The van der Waals surface area contributed by atoms with Gasteiger partial charge in [-0.3, -0.25) is 0 Å². The number of nitrogens with two attached hydrogens (primary N) is 1. The third-order valence-electron chi connectivity index (χ3n) is 2.47. The predicted octanol–water partition coefficient (Wildman–Crippen LogP) is 1.96. The molecule has 1 aliphatic rings. The molecule has 0 fully saturated rings. The Balaban J connectivity index is 2.12. The van der Waals surface area contributed by atoms with Gasteiger partial charge in [0.15, 0.2) is 23.1 Å². The standard InChI is InChI=1S/C11H10N2O3/c1-6-2-7(8-4-10(12)13-16-8)3-9-11(6)15-5-14-9/h2-4H,5H2,1H3,(H2,12,13). The van der Waals surface area contributed by atoms with Gasteiger partial charge in [0.05, 0.1) is 0 Å². The fraction of sp³-hybridized carbons (Fsp3) is 0.182. The van der Waals surface area contributed by atoms with Crippen molar-refractivity contribution in [2.45, 2.75) is 6.92 Å². The molecule has 16 heavy (non-hydrogen) atoms. The van der Waals surface area contributed by atoms with E-state index in [0.29, 0.717) is 11.6 Å². The molecule has 1 aliphatic heterocycles. The number of aryl methyl sites for hydroxylation is 1. The van der Waals surface area contributed by atoms with E-state index in [1.165, 1.54) is 0 Å². The van der Waals surface area contributed by atoms with Gasteiger partial charge in [-0.05, 0) is 24.6 Å². The van der Waals surface area contributed by atoms with Crippen LogP contribution in [0.4, 0.5) is 5.82 Å². The van der Waals surface area contributed by atoms with Crippen LogP contribution in [0.1, 0.15) is 5.56 Å². The maximum absolute atomic E-state index is 5.51. The van der Waals surface area contributed by atoms with E-state index in [1.807, 2.05) is 19.1 Å². The van der Waals surface area contributed by atoms with Gasteiger partial charge in [-0.1, -0.05) is 5.16 Å². The normalized spacial score (nSPS) is 13.1. The topological polar surface area (TPSA) is 70.5 Å². The summed E-state index contributed by atoms with van der Waals surface area (Å²) >= 11 is 0. The molecular formula is C11H10N2O3. The van der Waals surface area contributed by atoms with Gasteiger partial charge in [-0.2, -0.15) is 0 Å². The van der Waals surface area contributed by atoms with E-state index in [-0.39, 0.29) is 6.79 Å². The van der Waals surface area contributed by atoms with Crippen LogP contribution < -0.4 is 15.2 Å². The van der Waals surface area contributed by atoms with Crippen molar-refractivity contribution in [2.24, 2.45) is 0 Å². The van der Waals surface area contributed by atoms with E-state index in [4.69, 9.17) is 19.7 Å². The van der Waals surface area contributed by atoms with Crippen molar-refractivity contribution in [3.05, 3.63) is 23.8 Å². The maximum atomic E-state index is 5.51. The van der Waals surface area contributed by atoms with Crippen LogP contribution in [-0.2, 0) is 0 Å². The van der Waals surface area contributed by atoms with Crippen molar-refractivity contribution < 1.29 is 14.0 Å². The molecule has 5 nitrogen and oxygen atoms in total. The molecular weight excluding hydrogens is 208 g/mol. The third-order valence-corrected chi connectivity index (χ3v) is 2.47. The molecule has 82 valence electrons. The lowest BCUT2D eigenvalue weighted by Crippen LogP contribution is -1.93. The van der Waals surface area contributed by atoms with Gasteiger partial charge in [0, 0.05) is 11.6 Å². The molecule has 0 radical (unpaired) electrons. The Bertz CT molecular complexity index is 548. The summed E-state index contributed by atoms with van der Waals surface area (Å²) in [5.41, 5.74) is 7.39. The van der Waals surface area contributed by atoms with Crippen molar-refractivity contribution >= 4 is 5.82 Å². The van der Waals surface area contributed by atoms with Gasteiger partial charge in [0.2, 0.25) is 6.79 Å². The molecule has 0 spiro atoms. The van der Waals surface area contributed by atoms with E-state index in [1.54, 1.807) is 6.07 Å². The van der Waals surface area contributed by atoms with Crippen LogP contribution >= 0.6 is 0 Å². The Kier molecular flexibility index (Phi) is 1.80. The predicted molar refractivity (Wildman–Crippen MR) is 57.2 cm³/mol. The highest BCUT2D eigenvalue weighted by Crippen LogP contribution is 2.39. The average Bonchev–Trinajstić information content (AvgIpc) is 2.85. The molecule has 0 saturated carbocycles. The third kappa shape index (κ3) is 1.29. The highest BCUT2D eigenvalue weighted by Gasteiger charge is 2.18. The molecule has 0 saturated heterocycles. The largest absolute Gasteiger partial charge is 0.454 e. The van der Waals surface area contributed by atoms with Crippen LogP contribution in [0.3, 0.4) is 0 Å². The first kappa shape index (κ1) is 9.08. The van der Waals surface area contributed by atoms with Gasteiger partial charge in [0.1, 0.15) is 0 Å². The van der Waals surface area contributed by atoms with E-state index in [0.717, 1.165) is 22.6 Å². The first-order valence-corrected chi connectivity index (χ1v) is 4.87. The SMILES string of the molecule is Cc1cc(-c2cc(N)no2)cc2c1OCO2. The summed E-state index contributed by atoms with van der Waals surface area (Å²) in [6, 6.07) is 5.49. The molecule has 1 aromatic carbocycles. The quantitative estimate of drug-likeness (QED) is 0.792. The van der Waals surface area contributed by atoms with Crippen LogP contribution in [0, 0.1) is 6.92 Å². The Hall–Kier alpha value is -2.17. The summed E-state index contributed by atoms with van der Waals surface area (Å²) in [5.74, 6) is 2.51. The lowest BCUT2D eigenvalue weighted by atomic mass is 10.1. The van der Waals surface area contributed by atoms with Gasteiger partial charge < -0.3 is 19.7 Å². The Labute approximate surface area is 91.7 Å². The molecule has 3 rings (SSSR count). The molecule has 2 N–H and O–H groups in total. The van der Waals surface area contributed by atoms with Crippen molar-refractivity contribution in [3.8, 4) is 22.8 Å². The van der Waals surface area contributed by atoms with Gasteiger partial charge in [-0.25, -0.2) is 0 Å². The minimum atomic E-state index is 0.262. The molecule has 2 heterocycles. The average molecular weight is 218 g/mol. The Morgan fingerprint density at radius 2 is 2.12 bits per heavy atom. The second kappa shape index (κ2) is 3.16. The highest BCUT2D eigenvalue weighted by atomic mass is 16.7. The monoisotopic (exact) mass is 218 g/mol. The highest BCUT2D eigenvalue weighted by molar-refractivity contribution is 5.67. The lowest BCUT2D eigenvalue weighted by Gasteiger charge is -2.02. The molecule has 0 amide bonds. The first-order valence-electron chi connectivity index (χ1n) is 4.87. The number of fused-ring (bicyclic) bond motifs is 1. The van der Waals surface area contributed by atoms with Crippen LogP contribution in [0.5, 0.6) is 11.5 Å². The molecule has 2 aromatic rings. The van der Waals surface area contributed by atoms with Gasteiger partial charge in [-0.15, -0.1) is 0 Å². The smallest absolute Gasteiger partial charge is 0.231 e. The van der Waals surface area contributed by atoms with Crippen LogP contribution in [-0.4, -0.2) is 11.9 Å². The van der Waals surface area contributed by atoms with Crippen LogP contribution in [0.25, 0.3) is 11.3 Å². The molecule has 0 aliphatic carbocycles. The molecule has 0 unspecified atom stereocenters. The second-order valence-electron chi connectivity index (χ2n) is 3.64. The minimum absolute atomic E-state index is 0.262. The van der Waals surface area contributed by atoms with E-state index < -0.39 is 0 Å². The summed E-state index contributed by atoms with van der Waals surface area (Å²) in [5, 5.41) is 3.65. The Morgan fingerprint density at radius 1 is 1.25 bits per heavy atom. The number of hydrogen-bond donors (Lipinski definition) is 1. The fourth-order valence-electron chi connectivity index (χ4n) is 1.75. The zero-order valence-electron chi connectivity index (χ0n) is 8.69. The first-order chi connectivity index (χ1) is 7.74. The number of anilines is 1. The number of hydrogen-bond acceptors (Lipinski definition) is 5. The second-order valence-corrected chi connectivity index (χ2v) is 3.64. The van der Waals surface area contributed by atoms with E-state index in [9.17, 15) is 0 Å². The number of ether oxygens (including phenoxy) is 2. The fourth-order valence-corrected chi connectivity index (χ4v) is 1.75. The van der Waals surface area contributed by atoms with Gasteiger partial charge >= 0.3 is 0 Å². The van der Waals surface area contributed by atoms with Crippen LogP contribution in [0.15, 0.2) is 22.7 Å². The number of rotatable bonds is 1. The zero-order chi connectivity index (χ0) is 11.1. The summed E-state index contributed by atoms with van der Waals surface area (Å²) in [6.45, 7) is 2.22. The van der Waals surface area contributed by atoms with E-state index >= 15 is 0 Å². The summed E-state index contributed by atoms with van der Waals surface area (Å²) in [6.07, 6.45) is 0. The Morgan fingerprint density at radius 3 is 2.88 bits per heavy atom. The van der Waals surface area contributed by atoms with Crippen molar-refractivity contribution in [1.82, 2.24) is 5.16 Å². The number of benzene rings is 1. The maximum Gasteiger partial charge on any atom is 0.231 e. The summed E-state index contributed by atoms with van der Waals surface area (Å²) in [4.78, 5) is 0. The molecule has 0 atom stereocenters. The number of nitrogens with zero attached hydrogens (tertiary/aromatic N) is 1. The summed E-state index contributed by atoms with van der Waals surface area (Å²) in [7, 11) is 0. The van der Waals surface area contributed by atoms with Gasteiger partial charge in [0.25, 0.3) is 0 Å². The van der Waals surface area contributed by atoms with Crippen molar-refractivity contribution in [2.75, 3.05) is 12.5 Å². The van der Waals surface area contributed by atoms with Crippen molar-refractivity contribution in [3.63, 3.8) is 0 Å². The molecule has 0 bridgehead atoms. The van der Waals surface area contributed by atoms with Crippen LogP contribution in [0.2, 0.25) is 0 Å². The van der Waals surface area contributed by atoms with E-state index in [2.05, 4.69) is 5.16 Å². The minimum Gasteiger partial charge on any atom is -0.454 e. The van der Waals surface area contributed by atoms with Crippen molar-refractivity contribution in [1.29, 1.82) is 0 Å². The lowest BCUT2D eigenvalue weighted by molar-refractivity contribution is 0.173. The summed E-state index contributed by atoms with van der Waals surface area (Å²) < 4.78 is 15.8. The molecule has 5 heteroatoms.